The lowest BCUT2D eigenvalue weighted by atomic mass is 10.3. The maximum absolute atomic E-state index is 11.3. The first kappa shape index (κ1) is 13.8. The second-order valence-electron chi connectivity index (χ2n) is 3.38. The summed E-state index contributed by atoms with van der Waals surface area (Å²) in [6.07, 6.45) is 3.06. The Morgan fingerprint density at radius 2 is 2.17 bits per heavy atom. The van der Waals surface area contributed by atoms with Crippen molar-refractivity contribution in [1.82, 2.24) is 0 Å². The number of hydrogen-bond acceptors (Lipinski definition) is 4. The van der Waals surface area contributed by atoms with Crippen LogP contribution in [0, 0.1) is 0 Å². The molecule has 96 valence electrons. The van der Waals surface area contributed by atoms with Crippen molar-refractivity contribution in [2.75, 3.05) is 19.0 Å². The minimum absolute atomic E-state index is 0.164. The Bertz CT molecular complexity index is 454. The van der Waals surface area contributed by atoms with Gasteiger partial charge in [-0.2, -0.15) is 0 Å². The van der Waals surface area contributed by atoms with E-state index >= 15 is 0 Å². The highest BCUT2D eigenvalue weighted by Crippen LogP contribution is 2.17. The van der Waals surface area contributed by atoms with E-state index in [0.29, 0.717) is 11.4 Å². The summed E-state index contributed by atoms with van der Waals surface area (Å²) in [4.78, 5) is 22.2. The van der Waals surface area contributed by atoms with Gasteiger partial charge in [0.15, 0.2) is 6.61 Å². The molecule has 0 aromatic heterocycles. The second-order valence-corrected chi connectivity index (χ2v) is 3.38. The number of ether oxygens (including phenoxy) is 2. The Morgan fingerprint density at radius 3 is 2.83 bits per heavy atom. The third-order valence-corrected chi connectivity index (χ3v) is 2.00. The van der Waals surface area contributed by atoms with Gasteiger partial charge in [0.25, 0.3) is 0 Å². The smallest absolute Gasteiger partial charge is 0.343 e. The van der Waals surface area contributed by atoms with Gasteiger partial charge in [-0.1, -0.05) is 12.1 Å². The predicted molar refractivity (Wildman–Crippen MR) is 67.4 cm³/mol. The lowest BCUT2D eigenvalue weighted by Crippen LogP contribution is -2.13. The Morgan fingerprint density at radius 1 is 1.39 bits per heavy atom. The van der Waals surface area contributed by atoms with E-state index in [9.17, 15) is 9.59 Å². The van der Waals surface area contributed by atoms with Gasteiger partial charge in [0, 0.05) is 11.8 Å². The zero-order valence-electron chi connectivity index (χ0n) is 10.3. The summed E-state index contributed by atoms with van der Waals surface area (Å²) >= 11 is 0. The van der Waals surface area contributed by atoms with Crippen LogP contribution in [0.5, 0.6) is 5.75 Å². The molecule has 0 saturated heterocycles. The zero-order valence-corrected chi connectivity index (χ0v) is 10.3. The number of anilines is 1. The lowest BCUT2D eigenvalue weighted by Gasteiger charge is -2.07. The number of carbonyl (C=O) groups is 2. The van der Waals surface area contributed by atoms with Crippen LogP contribution in [-0.4, -0.2) is 25.6 Å². The molecule has 0 aliphatic rings. The fourth-order valence-corrected chi connectivity index (χ4v) is 1.20. The predicted octanol–water partition coefficient (Wildman–Crippen LogP) is 1.75. The van der Waals surface area contributed by atoms with E-state index in [1.54, 1.807) is 37.3 Å². The third kappa shape index (κ3) is 4.69. The molecule has 0 heterocycles. The minimum Gasteiger partial charge on any atom is -0.482 e. The molecule has 1 amide bonds. The zero-order chi connectivity index (χ0) is 13.4. The largest absolute Gasteiger partial charge is 0.482 e. The van der Waals surface area contributed by atoms with Gasteiger partial charge in [0.05, 0.1) is 7.11 Å². The number of benzene rings is 1. The Hall–Kier alpha value is -2.30. The van der Waals surface area contributed by atoms with Gasteiger partial charge in [0.2, 0.25) is 5.91 Å². The van der Waals surface area contributed by atoms with E-state index in [1.807, 2.05) is 0 Å². The highest BCUT2D eigenvalue weighted by atomic mass is 16.6. The third-order valence-electron chi connectivity index (χ3n) is 2.00. The van der Waals surface area contributed by atoms with Crippen LogP contribution < -0.4 is 10.1 Å². The SMILES string of the molecule is C/C=C/C(=O)Nc1cccc(OCC(=O)OC)c1. The van der Waals surface area contributed by atoms with Crippen LogP contribution in [0.1, 0.15) is 6.92 Å². The molecule has 0 aliphatic heterocycles. The first-order valence-electron chi connectivity index (χ1n) is 5.39. The van der Waals surface area contributed by atoms with Crippen molar-refractivity contribution in [2.45, 2.75) is 6.92 Å². The van der Waals surface area contributed by atoms with Gasteiger partial charge < -0.3 is 14.8 Å². The normalized spacial score (nSPS) is 10.1. The molecule has 18 heavy (non-hydrogen) atoms. The van der Waals surface area contributed by atoms with Gasteiger partial charge in [-0.3, -0.25) is 4.79 Å². The van der Waals surface area contributed by atoms with Gasteiger partial charge in [0.1, 0.15) is 5.75 Å². The molecule has 0 atom stereocenters. The van der Waals surface area contributed by atoms with Crippen LogP contribution in [0.4, 0.5) is 5.69 Å². The van der Waals surface area contributed by atoms with Crippen LogP contribution in [-0.2, 0) is 14.3 Å². The Labute approximate surface area is 105 Å². The standard InChI is InChI=1S/C13H15NO4/c1-3-5-12(15)14-10-6-4-7-11(8-10)18-9-13(16)17-2/h3-8H,9H2,1-2H3,(H,14,15)/b5-3+. The van der Waals surface area contributed by atoms with Crippen LogP contribution in [0.3, 0.4) is 0 Å². The fourth-order valence-electron chi connectivity index (χ4n) is 1.20. The van der Waals surface area contributed by atoms with Gasteiger partial charge in [-0.25, -0.2) is 4.79 Å². The summed E-state index contributed by atoms with van der Waals surface area (Å²) in [5.74, 6) is -0.195. The highest BCUT2D eigenvalue weighted by molar-refractivity contribution is 5.99. The second kappa shape index (κ2) is 7.11. The van der Waals surface area contributed by atoms with E-state index in [1.165, 1.54) is 13.2 Å². The molecule has 5 heteroatoms. The average Bonchev–Trinajstić information content (AvgIpc) is 2.36. The molecule has 0 bridgehead atoms. The number of allylic oxidation sites excluding steroid dienone is 1. The van der Waals surface area contributed by atoms with Crippen molar-refractivity contribution in [3.63, 3.8) is 0 Å². The molecule has 0 spiro atoms. The molecular formula is C13H15NO4. The van der Waals surface area contributed by atoms with Gasteiger partial charge in [-0.15, -0.1) is 0 Å². The summed E-state index contributed by atoms with van der Waals surface area (Å²) in [6.45, 7) is 1.60. The first-order chi connectivity index (χ1) is 8.65. The number of nitrogens with one attached hydrogen (secondary N) is 1. The summed E-state index contributed by atoms with van der Waals surface area (Å²) in [5.41, 5.74) is 0.598. The maximum atomic E-state index is 11.3. The Balaban J connectivity index is 2.61. The topological polar surface area (TPSA) is 64.6 Å². The molecule has 5 nitrogen and oxygen atoms in total. The number of carbonyl (C=O) groups excluding carboxylic acids is 2. The Kier molecular flexibility index (Phi) is 5.44. The number of esters is 1. The van der Waals surface area contributed by atoms with Gasteiger partial charge in [-0.05, 0) is 25.1 Å². The fraction of sp³-hybridized carbons (Fsp3) is 0.231. The lowest BCUT2D eigenvalue weighted by molar-refractivity contribution is -0.142. The van der Waals surface area contributed by atoms with Crippen LogP contribution in [0.15, 0.2) is 36.4 Å². The number of amides is 1. The van der Waals surface area contributed by atoms with Crippen LogP contribution in [0.2, 0.25) is 0 Å². The molecule has 1 aromatic carbocycles. The molecule has 1 N–H and O–H groups in total. The van der Waals surface area contributed by atoms with E-state index in [0.717, 1.165) is 0 Å². The quantitative estimate of drug-likeness (QED) is 0.638. The molecular weight excluding hydrogens is 234 g/mol. The number of methoxy groups -OCH3 is 1. The molecule has 0 unspecified atom stereocenters. The highest BCUT2D eigenvalue weighted by Gasteiger charge is 2.03. The summed E-state index contributed by atoms with van der Waals surface area (Å²) in [6, 6.07) is 6.77. The van der Waals surface area contributed by atoms with Crippen molar-refractivity contribution in [3.8, 4) is 5.75 Å². The number of hydrogen-bond donors (Lipinski definition) is 1. The maximum Gasteiger partial charge on any atom is 0.343 e. The van der Waals surface area contributed by atoms with E-state index < -0.39 is 5.97 Å². The van der Waals surface area contributed by atoms with Crippen molar-refractivity contribution in [1.29, 1.82) is 0 Å². The van der Waals surface area contributed by atoms with Crippen LogP contribution >= 0.6 is 0 Å². The molecule has 0 saturated carbocycles. The summed E-state index contributed by atoms with van der Waals surface area (Å²) < 4.78 is 9.65. The average molecular weight is 249 g/mol. The molecule has 1 rings (SSSR count). The summed E-state index contributed by atoms with van der Waals surface area (Å²) in [7, 11) is 1.29. The summed E-state index contributed by atoms with van der Waals surface area (Å²) in [5, 5.41) is 2.66. The van der Waals surface area contributed by atoms with Crippen LogP contribution in [0.25, 0.3) is 0 Å². The number of rotatable bonds is 5. The van der Waals surface area contributed by atoms with E-state index in [-0.39, 0.29) is 12.5 Å². The van der Waals surface area contributed by atoms with Crippen molar-refractivity contribution < 1.29 is 19.1 Å². The van der Waals surface area contributed by atoms with E-state index in [2.05, 4.69) is 10.1 Å². The van der Waals surface area contributed by atoms with Crippen molar-refractivity contribution in [3.05, 3.63) is 36.4 Å². The molecule has 0 aliphatic carbocycles. The monoisotopic (exact) mass is 249 g/mol. The first-order valence-corrected chi connectivity index (χ1v) is 5.39. The van der Waals surface area contributed by atoms with Crippen molar-refractivity contribution >= 4 is 17.6 Å². The van der Waals surface area contributed by atoms with Crippen molar-refractivity contribution in [2.24, 2.45) is 0 Å². The molecule has 0 radical (unpaired) electrons. The molecule has 0 fully saturated rings. The molecule has 1 aromatic rings. The van der Waals surface area contributed by atoms with Gasteiger partial charge >= 0.3 is 5.97 Å². The van der Waals surface area contributed by atoms with E-state index in [4.69, 9.17) is 4.74 Å². The minimum atomic E-state index is -0.460.